The molecule has 0 radical (unpaired) electrons. The first-order chi connectivity index (χ1) is 7.78. The predicted molar refractivity (Wildman–Crippen MR) is 57.1 cm³/mol. The van der Waals surface area contributed by atoms with Crippen molar-refractivity contribution in [2.24, 2.45) is 0 Å². The average Bonchev–Trinajstić information content (AvgIpc) is 2.30. The second-order valence-corrected chi connectivity index (χ2v) is 3.09. The van der Waals surface area contributed by atoms with Gasteiger partial charge in [0.05, 0.1) is 5.56 Å². The second-order valence-electron chi connectivity index (χ2n) is 3.09. The molecule has 0 aliphatic carbocycles. The van der Waals surface area contributed by atoms with Crippen LogP contribution in [0.25, 0.3) is 0 Å². The fourth-order valence-corrected chi connectivity index (χ4v) is 1.16. The standard InChI is InChI=1S/C11H8FN3O/c12-9-2-1-3-10(4-9)15-11-13-5-8(7-16)6-14-11/h1-7H,(H,13,14,15). The van der Waals surface area contributed by atoms with Gasteiger partial charge in [0.1, 0.15) is 5.82 Å². The molecule has 4 nitrogen and oxygen atoms in total. The van der Waals surface area contributed by atoms with Gasteiger partial charge in [-0.15, -0.1) is 0 Å². The summed E-state index contributed by atoms with van der Waals surface area (Å²) in [7, 11) is 0. The van der Waals surface area contributed by atoms with Crippen LogP contribution in [-0.4, -0.2) is 16.3 Å². The first kappa shape index (κ1) is 10.2. The van der Waals surface area contributed by atoms with Crippen LogP contribution in [0.1, 0.15) is 10.4 Å². The summed E-state index contributed by atoms with van der Waals surface area (Å²) in [6, 6.07) is 5.95. The van der Waals surface area contributed by atoms with Gasteiger partial charge in [0.25, 0.3) is 0 Å². The molecule has 2 aromatic rings. The highest BCUT2D eigenvalue weighted by Gasteiger charge is 1.99. The third-order valence-corrected chi connectivity index (χ3v) is 1.89. The van der Waals surface area contributed by atoms with Crippen LogP contribution in [0, 0.1) is 5.82 Å². The van der Waals surface area contributed by atoms with Gasteiger partial charge in [-0.2, -0.15) is 0 Å². The van der Waals surface area contributed by atoms with E-state index < -0.39 is 0 Å². The molecule has 80 valence electrons. The molecule has 1 N–H and O–H groups in total. The first-order valence-electron chi connectivity index (χ1n) is 4.58. The number of rotatable bonds is 3. The number of nitrogens with one attached hydrogen (secondary N) is 1. The van der Waals surface area contributed by atoms with Crippen LogP contribution < -0.4 is 5.32 Å². The molecule has 0 aliphatic heterocycles. The van der Waals surface area contributed by atoms with Crippen molar-refractivity contribution in [2.75, 3.05) is 5.32 Å². The summed E-state index contributed by atoms with van der Waals surface area (Å²) in [5.41, 5.74) is 0.948. The van der Waals surface area contributed by atoms with Crippen molar-refractivity contribution in [3.8, 4) is 0 Å². The quantitative estimate of drug-likeness (QED) is 0.800. The summed E-state index contributed by atoms with van der Waals surface area (Å²) in [5, 5.41) is 2.82. The molecule has 0 spiro atoms. The van der Waals surface area contributed by atoms with Crippen LogP contribution >= 0.6 is 0 Å². The number of carbonyl (C=O) groups excluding carboxylic acids is 1. The van der Waals surface area contributed by atoms with Crippen molar-refractivity contribution in [3.63, 3.8) is 0 Å². The molecule has 0 saturated carbocycles. The Bertz CT molecular complexity index is 499. The molecular weight excluding hydrogens is 209 g/mol. The second kappa shape index (κ2) is 4.48. The van der Waals surface area contributed by atoms with E-state index >= 15 is 0 Å². The zero-order valence-corrected chi connectivity index (χ0v) is 8.22. The summed E-state index contributed by atoms with van der Waals surface area (Å²) >= 11 is 0. The van der Waals surface area contributed by atoms with Crippen LogP contribution in [0.15, 0.2) is 36.7 Å². The van der Waals surface area contributed by atoms with E-state index in [1.165, 1.54) is 24.5 Å². The molecule has 0 saturated heterocycles. The summed E-state index contributed by atoms with van der Waals surface area (Å²) in [6.07, 6.45) is 3.44. The molecule has 2 rings (SSSR count). The number of benzene rings is 1. The molecule has 0 bridgehead atoms. The number of aldehydes is 1. The summed E-state index contributed by atoms with van der Waals surface area (Å²) in [4.78, 5) is 18.2. The smallest absolute Gasteiger partial charge is 0.227 e. The lowest BCUT2D eigenvalue weighted by Gasteiger charge is -2.03. The van der Waals surface area contributed by atoms with Crippen molar-refractivity contribution in [2.45, 2.75) is 0 Å². The highest BCUT2D eigenvalue weighted by Crippen LogP contribution is 2.13. The van der Waals surface area contributed by atoms with E-state index in [-0.39, 0.29) is 5.82 Å². The number of hydrogen-bond donors (Lipinski definition) is 1. The molecule has 0 unspecified atom stereocenters. The van der Waals surface area contributed by atoms with Crippen molar-refractivity contribution in [3.05, 3.63) is 48.0 Å². The lowest BCUT2D eigenvalue weighted by molar-refractivity contribution is 0.112. The Morgan fingerprint density at radius 1 is 1.25 bits per heavy atom. The molecule has 1 heterocycles. The van der Waals surface area contributed by atoms with E-state index in [2.05, 4.69) is 15.3 Å². The molecule has 0 amide bonds. The Labute approximate surface area is 91.2 Å². The number of carbonyl (C=O) groups is 1. The molecule has 0 atom stereocenters. The highest BCUT2D eigenvalue weighted by molar-refractivity contribution is 5.73. The van der Waals surface area contributed by atoms with Crippen molar-refractivity contribution in [1.29, 1.82) is 0 Å². The first-order valence-corrected chi connectivity index (χ1v) is 4.58. The number of nitrogens with zero attached hydrogens (tertiary/aromatic N) is 2. The molecule has 1 aromatic heterocycles. The molecular formula is C11H8FN3O. The maximum Gasteiger partial charge on any atom is 0.227 e. The van der Waals surface area contributed by atoms with Crippen molar-refractivity contribution in [1.82, 2.24) is 9.97 Å². The Morgan fingerprint density at radius 2 is 2.00 bits per heavy atom. The third kappa shape index (κ3) is 2.38. The van der Waals surface area contributed by atoms with Gasteiger partial charge in [-0.25, -0.2) is 14.4 Å². The van der Waals surface area contributed by atoms with Gasteiger partial charge in [0.15, 0.2) is 6.29 Å². The van der Waals surface area contributed by atoms with Gasteiger partial charge < -0.3 is 5.32 Å². The zero-order valence-electron chi connectivity index (χ0n) is 8.22. The fourth-order valence-electron chi connectivity index (χ4n) is 1.16. The van der Waals surface area contributed by atoms with Crippen LogP contribution in [0.5, 0.6) is 0 Å². The largest absolute Gasteiger partial charge is 0.324 e. The number of anilines is 2. The van der Waals surface area contributed by atoms with E-state index in [1.54, 1.807) is 12.1 Å². The van der Waals surface area contributed by atoms with Crippen molar-refractivity contribution >= 4 is 17.9 Å². The Morgan fingerprint density at radius 3 is 2.62 bits per heavy atom. The maximum absolute atomic E-state index is 12.9. The minimum Gasteiger partial charge on any atom is -0.324 e. The number of halogens is 1. The summed E-state index contributed by atoms with van der Waals surface area (Å²) in [6.45, 7) is 0. The lowest BCUT2D eigenvalue weighted by atomic mass is 10.3. The molecule has 1 aromatic carbocycles. The Kier molecular flexibility index (Phi) is 2.86. The summed E-state index contributed by atoms with van der Waals surface area (Å²) < 4.78 is 12.9. The monoisotopic (exact) mass is 217 g/mol. The molecule has 5 heteroatoms. The average molecular weight is 217 g/mol. The van der Waals surface area contributed by atoms with Crippen LogP contribution in [-0.2, 0) is 0 Å². The van der Waals surface area contributed by atoms with Gasteiger partial charge in [0, 0.05) is 18.1 Å². The van der Waals surface area contributed by atoms with Gasteiger partial charge in [-0.05, 0) is 18.2 Å². The van der Waals surface area contributed by atoms with Gasteiger partial charge in [-0.1, -0.05) is 6.07 Å². The zero-order chi connectivity index (χ0) is 11.4. The minimum absolute atomic E-state index is 0.316. The Balaban J connectivity index is 2.17. The molecule has 16 heavy (non-hydrogen) atoms. The van der Waals surface area contributed by atoms with Gasteiger partial charge in [0.2, 0.25) is 5.95 Å². The van der Waals surface area contributed by atoms with E-state index in [4.69, 9.17) is 0 Å². The van der Waals surface area contributed by atoms with Crippen LogP contribution in [0.4, 0.5) is 16.0 Å². The number of hydrogen-bond acceptors (Lipinski definition) is 4. The van der Waals surface area contributed by atoms with E-state index in [0.29, 0.717) is 23.5 Å². The highest BCUT2D eigenvalue weighted by atomic mass is 19.1. The van der Waals surface area contributed by atoms with Crippen LogP contribution in [0.3, 0.4) is 0 Å². The maximum atomic E-state index is 12.9. The van der Waals surface area contributed by atoms with E-state index in [9.17, 15) is 9.18 Å². The molecule has 0 fully saturated rings. The van der Waals surface area contributed by atoms with E-state index in [0.717, 1.165) is 0 Å². The fraction of sp³-hybridized carbons (Fsp3) is 0. The van der Waals surface area contributed by atoms with Gasteiger partial charge >= 0.3 is 0 Å². The minimum atomic E-state index is -0.338. The van der Waals surface area contributed by atoms with Gasteiger partial charge in [-0.3, -0.25) is 4.79 Å². The third-order valence-electron chi connectivity index (χ3n) is 1.89. The van der Waals surface area contributed by atoms with Crippen LogP contribution in [0.2, 0.25) is 0 Å². The van der Waals surface area contributed by atoms with E-state index in [1.807, 2.05) is 0 Å². The lowest BCUT2D eigenvalue weighted by Crippen LogP contribution is -1.97. The topological polar surface area (TPSA) is 54.9 Å². The predicted octanol–water partition coefficient (Wildman–Crippen LogP) is 2.17. The summed E-state index contributed by atoms with van der Waals surface area (Å²) in [5.74, 6) is -0.0225. The Hall–Kier alpha value is -2.30. The van der Waals surface area contributed by atoms with Crippen molar-refractivity contribution < 1.29 is 9.18 Å². The normalized spacial score (nSPS) is 9.81. The number of aromatic nitrogens is 2. The SMILES string of the molecule is O=Cc1cnc(Nc2cccc(F)c2)nc1. The molecule has 0 aliphatic rings.